The van der Waals surface area contributed by atoms with Crippen LogP contribution < -0.4 is 0 Å². The van der Waals surface area contributed by atoms with E-state index in [9.17, 15) is 0 Å². The Bertz CT molecular complexity index is 3650. The Labute approximate surface area is 356 Å². The molecule has 0 aliphatic rings. The van der Waals surface area contributed by atoms with Crippen LogP contribution in [0.25, 0.3) is 120 Å². The second kappa shape index (κ2) is 14.5. The Morgan fingerprint density at radius 2 is 0.836 bits per heavy atom. The fraction of sp³-hybridized carbons (Fsp3) is 0. The van der Waals surface area contributed by atoms with Crippen LogP contribution in [0.2, 0.25) is 0 Å². The summed E-state index contributed by atoms with van der Waals surface area (Å²) in [6.45, 7) is 0. The van der Waals surface area contributed by atoms with Crippen molar-refractivity contribution in [2.45, 2.75) is 0 Å². The van der Waals surface area contributed by atoms with Gasteiger partial charge >= 0.3 is 0 Å². The maximum Gasteiger partial charge on any atom is 0.164 e. The molecule has 61 heavy (non-hydrogen) atoms. The van der Waals surface area contributed by atoms with Crippen molar-refractivity contribution in [3.8, 4) is 67.5 Å². The predicted octanol–water partition coefficient (Wildman–Crippen LogP) is 15.7. The Hall–Kier alpha value is -7.79. The lowest BCUT2D eigenvalue weighted by Gasteiger charge is -2.15. The van der Waals surface area contributed by atoms with Gasteiger partial charge in [0.1, 0.15) is 0 Å². The lowest BCUT2D eigenvalue weighted by Crippen LogP contribution is -2.01. The summed E-state index contributed by atoms with van der Waals surface area (Å²) in [4.78, 5) is 15.7. The van der Waals surface area contributed by atoms with Crippen LogP contribution in [0.15, 0.2) is 212 Å². The monoisotopic (exact) mass is 793 g/mol. The summed E-state index contributed by atoms with van der Waals surface area (Å²) in [6.07, 6.45) is 0. The van der Waals surface area contributed by atoms with E-state index < -0.39 is 0 Å². The highest BCUT2D eigenvalue weighted by Gasteiger charge is 2.18. The lowest BCUT2D eigenvalue weighted by atomic mass is 9.89. The Balaban J connectivity index is 1.01. The Kier molecular flexibility index (Phi) is 8.36. The van der Waals surface area contributed by atoms with Crippen LogP contribution in [0.3, 0.4) is 0 Å². The molecule has 10 aromatic carbocycles. The van der Waals surface area contributed by atoms with Crippen molar-refractivity contribution in [1.29, 1.82) is 0 Å². The van der Waals surface area contributed by atoms with Gasteiger partial charge in [0, 0.05) is 36.9 Å². The average Bonchev–Trinajstić information content (AvgIpc) is 3.71. The van der Waals surface area contributed by atoms with Crippen LogP contribution in [-0.4, -0.2) is 15.0 Å². The minimum atomic E-state index is 0.625. The fourth-order valence-corrected chi connectivity index (χ4v) is 10.1. The number of fused-ring (bicyclic) bond motifs is 7. The van der Waals surface area contributed by atoms with Gasteiger partial charge in [-0.25, -0.2) is 15.0 Å². The van der Waals surface area contributed by atoms with Crippen molar-refractivity contribution in [3.05, 3.63) is 212 Å². The second-order valence-corrected chi connectivity index (χ2v) is 16.6. The van der Waals surface area contributed by atoms with Crippen LogP contribution in [0.5, 0.6) is 0 Å². The van der Waals surface area contributed by atoms with E-state index in [0.29, 0.717) is 17.5 Å². The van der Waals surface area contributed by atoms with E-state index in [1.165, 1.54) is 58.1 Å². The van der Waals surface area contributed by atoms with Crippen molar-refractivity contribution in [2.75, 3.05) is 0 Å². The first-order valence-corrected chi connectivity index (χ1v) is 21.4. The van der Waals surface area contributed by atoms with Gasteiger partial charge in [-0.3, -0.25) is 0 Å². The minimum Gasteiger partial charge on any atom is -0.208 e. The lowest BCUT2D eigenvalue weighted by molar-refractivity contribution is 1.07. The van der Waals surface area contributed by atoms with Gasteiger partial charge in [0.25, 0.3) is 0 Å². The molecule has 2 heterocycles. The topological polar surface area (TPSA) is 38.7 Å². The van der Waals surface area contributed by atoms with Crippen molar-refractivity contribution < 1.29 is 0 Å². The zero-order valence-electron chi connectivity index (χ0n) is 33.0. The maximum atomic E-state index is 5.24. The summed E-state index contributed by atoms with van der Waals surface area (Å²) >= 11 is 1.84. The van der Waals surface area contributed by atoms with Gasteiger partial charge in [0.2, 0.25) is 0 Å². The van der Waals surface area contributed by atoms with Crippen LogP contribution >= 0.6 is 11.3 Å². The van der Waals surface area contributed by atoms with Gasteiger partial charge in [0.15, 0.2) is 17.5 Å². The van der Waals surface area contributed by atoms with E-state index in [1.54, 1.807) is 0 Å². The average molecular weight is 794 g/mol. The number of hydrogen-bond donors (Lipinski definition) is 0. The molecule has 0 aliphatic carbocycles. The summed E-state index contributed by atoms with van der Waals surface area (Å²) in [5.41, 5.74) is 9.64. The molecule has 0 saturated heterocycles. The highest BCUT2D eigenvalue weighted by Crippen LogP contribution is 2.41. The minimum absolute atomic E-state index is 0.625. The second-order valence-electron chi connectivity index (χ2n) is 15.5. The highest BCUT2D eigenvalue weighted by molar-refractivity contribution is 7.25. The number of thiophene rings is 1. The number of benzene rings is 10. The first-order valence-electron chi connectivity index (χ1n) is 20.6. The molecule has 12 aromatic rings. The molecule has 4 heteroatoms. The molecule has 12 rings (SSSR count). The van der Waals surface area contributed by atoms with Crippen molar-refractivity contribution in [1.82, 2.24) is 15.0 Å². The van der Waals surface area contributed by atoms with Gasteiger partial charge < -0.3 is 0 Å². The SMILES string of the molecule is c1ccc(-c2ccccc2-c2nc(-c3ccc(-c4c5ccccc5cc5c4ccc4ccccc45)cc3)nc(-c3cccc(-c4ccc5c(c4)sc4ccccc45)c3)n2)cc1. The van der Waals surface area contributed by atoms with Gasteiger partial charge in [0.05, 0.1) is 0 Å². The summed E-state index contributed by atoms with van der Waals surface area (Å²) in [5, 5.41) is 10.0. The standard InChI is InChI=1S/C57H35N3S/c1-2-13-36(14-3-1)44-19-8-9-23-50(44)57-59-55(58-56(60-57)43-18-12-17-40(33-43)41-30-31-48-47-22-10-11-24-52(47)61-53(48)35-41)39-27-25-38(26-28-39)54-46-21-7-5-16-42(46)34-51-45-20-6-4-15-37(45)29-32-49(51)54/h1-35H. The first kappa shape index (κ1) is 35.2. The predicted molar refractivity (Wildman–Crippen MR) is 258 cm³/mol. The molecule has 2 aromatic heterocycles. The number of rotatable bonds is 6. The molecule has 0 aliphatic heterocycles. The number of nitrogens with zero attached hydrogens (tertiary/aromatic N) is 3. The molecular formula is C57H35N3S. The highest BCUT2D eigenvalue weighted by atomic mass is 32.1. The van der Waals surface area contributed by atoms with E-state index >= 15 is 0 Å². The summed E-state index contributed by atoms with van der Waals surface area (Å²) in [6, 6.07) is 75.8. The summed E-state index contributed by atoms with van der Waals surface area (Å²) in [7, 11) is 0. The van der Waals surface area contributed by atoms with Gasteiger partial charge in [-0.05, 0) is 90.0 Å². The molecule has 0 unspecified atom stereocenters. The zero-order chi connectivity index (χ0) is 40.3. The molecule has 3 nitrogen and oxygen atoms in total. The van der Waals surface area contributed by atoms with Gasteiger partial charge in [-0.1, -0.05) is 188 Å². The van der Waals surface area contributed by atoms with Crippen LogP contribution in [-0.2, 0) is 0 Å². The number of aromatic nitrogens is 3. The van der Waals surface area contributed by atoms with Crippen molar-refractivity contribution >= 4 is 63.8 Å². The van der Waals surface area contributed by atoms with Crippen LogP contribution in [0, 0.1) is 0 Å². The molecule has 0 atom stereocenters. The third-order valence-electron chi connectivity index (χ3n) is 11.9. The van der Waals surface area contributed by atoms with Crippen molar-refractivity contribution in [2.24, 2.45) is 0 Å². The van der Waals surface area contributed by atoms with Gasteiger partial charge in [-0.15, -0.1) is 11.3 Å². The molecule has 284 valence electrons. The van der Waals surface area contributed by atoms with E-state index in [1.807, 2.05) is 17.4 Å². The molecular weight excluding hydrogens is 759 g/mol. The zero-order valence-corrected chi connectivity index (χ0v) is 33.8. The molecule has 0 saturated carbocycles. The first-order chi connectivity index (χ1) is 30.2. The molecule has 0 amide bonds. The third kappa shape index (κ3) is 6.16. The molecule has 0 N–H and O–H groups in total. The third-order valence-corrected chi connectivity index (χ3v) is 13.1. The van der Waals surface area contributed by atoms with Crippen LogP contribution in [0.4, 0.5) is 0 Å². The largest absolute Gasteiger partial charge is 0.208 e. The quantitative estimate of drug-likeness (QED) is 0.124. The summed E-state index contributed by atoms with van der Waals surface area (Å²) in [5.74, 6) is 1.89. The maximum absolute atomic E-state index is 5.24. The Morgan fingerprint density at radius 3 is 1.69 bits per heavy atom. The Morgan fingerprint density at radius 1 is 0.262 bits per heavy atom. The van der Waals surface area contributed by atoms with Gasteiger partial charge in [-0.2, -0.15) is 0 Å². The van der Waals surface area contributed by atoms with E-state index in [2.05, 4.69) is 206 Å². The van der Waals surface area contributed by atoms with E-state index in [-0.39, 0.29) is 0 Å². The molecule has 0 fully saturated rings. The number of hydrogen-bond acceptors (Lipinski definition) is 4. The van der Waals surface area contributed by atoms with Crippen molar-refractivity contribution in [3.63, 3.8) is 0 Å². The molecule has 0 bridgehead atoms. The van der Waals surface area contributed by atoms with E-state index in [4.69, 9.17) is 15.0 Å². The smallest absolute Gasteiger partial charge is 0.164 e. The fourth-order valence-electron chi connectivity index (χ4n) is 8.96. The normalized spacial score (nSPS) is 11.6. The van der Waals surface area contributed by atoms with Crippen LogP contribution in [0.1, 0.15) is 0 Å². The molecule has 0 spiro atoms. The molecule has 0 radical (unpaired) electrons. The van der Waals surface area contributed by atoms with E-state index in [0.717, 1.165) is 44.5 Å². The summed E-state index contributed by atoms with van der Waals surface area (Å²) < 4.78 is 2.58.